The average Bonchev–Trinajstić information content (AvgIpc) is 2.35. The Hall–Kier alpha value is -0.970. The first-order chi connectivity index (χ1) is 8.65. The zero-order valence-electron chi connectivity index (χ0n) is 12.7. The van der Waals surface area contributed by atoms with Gasteiger partial charge in [0.25, 0.3) is 0 Å². The molecule has 1 heterocycles. The van der Waals surface area contributed by atoms with Crippen LogP contribution in [0, 0.1) is 0 Å². The highest BCUT2D eigenvalue weighted by molar-refractivity contribution is 5.20. The molecule has 19 heavy (non-hydrogen) atoms. The van der Waals surface area contributed by atoms with Gasteiger partial charge < -0.3 is 16.2 Å². The molecule has 0 aliphatic rings. The van der Waals surface area contributed by atoms with Crippen LogP contribution in [0.3, 0.4) is 0 Å². The van der Waals surface area contributed by atoms with E-state index in [9.17, 15) is 5.11 Å². The van der Waals surface area contributed by atoms with Crippen molar-refractivity contribution in [2.45, 2.75) is 51.7 Å². The smallest absolute Gasteiger partial charge is 0.108 e. The summed E-state index contributed by atoms with van der Waals surface area (Å²) in [5.74, 6) is 0. The van der Waals surface area contributed by atoms with Crippen LogP contribution in [0.25, 0.3) is 0 Å². The molecule has 108 valence electrons. The van der Waals surface area contributed by atoms with E-state index in [0.717, 1.165) is 5.69 Å². The molecule has 0 bridgehead atoms. The Morgan fingerprint density at radius 2 is 1.89 bits per heavy atom. The van der Waals surface area contributed by atoms with Crippen molar-refractivity contribution in [3.63, 3.8) is 0 Å². The van der Waals surface area contributed by atoms with Gasteiger partial charge in [0, 0.05) is 29.7 Å². The summed E-state index contributed by atoms with van der Waals surface area (Å²) in [5, 5.41) is 13.5. The third-order valence-corrected chi connectivity index (χ3v) is 3.14. The van der Waals surface area contributed by atoms with Gasteiger partial charge in [0.1, 0.15) is 6.10 Å². The van der Waals surface area contributed by atoms with Gasteiger partial charge in [-0.3, -0.25) is 4.98 Å². The Morgan fingerprint density at radius 3 is 2.42 bits per heavy atom. The van der Waals surface area contributed by atoms with Gasteiger partial charge in [-0.05, 0) is 32.9 Å². The van der Waals surface area contributed by atoms with Crippen molar-refractivity contribution >= 4 is 0 Å². The van der Waals surface area contributed by atoms with Crippen LogP contribution in [-0.4, -0.2) is 28.7 Å². The van der Waals surface area contributed by atoms with Crippen LogP contribution < -0.4 is 11.1 Å². The van der Waals surface area contributed by atoms with E-state index >= 15 is 0 Å². The number of nitrogens with one attached hydrogen (secondary N) is 1. The predicted molar refractivity (Wildman–Crippen MR) is 79.0 cm³/mol. The molecule has 0 unspecified atom stereocenters. The maximum absolute atomic E-state index is 10.2. The number of β-amino-alcohol motifs (C(OH)–C–C–N with tert-alkyl or cyclic N) is 1. The molecule has 0 radical (unpaired) electrons. The lowest BCUT2D eigenvalue weighted by atomic mass is 9.89. The number of nitrogens with two attached hydrogens (primary N) is 1. The van der Waals surface area contributed by atoms with Crippen molar-refractivity contribution in [3.05, 3.63) is 29.6 Å². The molecule has 0 fully saturated rings. The van der Waals surface area contributed by atoms with Crippen LogP contribution in [-0.2, 0) is 5.41 Å². The minimum atomic E-state index is -0.604. The first-order valence-electron chi connectivity index (χ1n) is 6.76. The third kappa shape index (κ3) is 4.90. The fraction of sp³-hybridized carbons (Fsp3) is 0.667. The van der Waals surface area contributed by atoms with Gasteiger partial charge in [0.2, 0.25) is 0 Å². The van der Waals surface area contributed by atoms with Crippen LogP contribution in [0.1, 0.15) is 52.1 Å². The van der Waals surface area contributed by atoms with E-state index in [1.165, 1.54) is 0 Å². The normalized spacial score (nSPS) is 14.5. The molecule has 1 rings (SSSR count). The number of aliphatic hydroxyl groups excluding tert-OH is 1. The Morgan fingerprint density at radius 1 is 1.26 bits per heavy atom. The molecule has 0 amide bonds. The molecule has 0 aromatic carbocycles. The number of nitrogens with zero attached hydrogens (tertiary/aromatic N) is 1. The van der Waals surface area contributed by atoms with Crippen LogP contribution >= 0.6 is 0 Å². The van der Waals surface area contributed by atoms with Gasteiger partial charge in [-0.1, -0.05) is 19.9 Å². The Balaban J connectivity index is 2.82. The van der Waals surface area contributed by atoms with Crippen LogP contribution in [0.4, 0.5) is 0 Å². The van der Waals surface area contributed by atoms with Gasteiger partial charge in [-0.2, -0.15) is 0 Å². The molecule has 1 atom stereocenters. The molecule has 4 heteroatoms. The highest BCUT2D eigenvalue weighted by atomic mass is 16.3. The fourth-order valence-electron chi connectivity index (χ4n) is 1.63. The van der Waals surface area contributed by atoms with Crippen molar-refractivity contribution in [2.75, 3.05) is 13.1 Å². The number of hydrogen-bond acceptors (Lipinski definition) is 4. The summed E-state index contributed by atoms with van der Waals surface area (Å²) >= 11 is 0. The van der Waals surface area contributed by atoms with E-state index in [4.69, 9.17) is 5.73 Å². The lowest BCUT2D eigenvalue weighted by Crippen LogP contribution is -2.38. The zero-order valence-corrected chi connectivity index (χ0v) is 12.7. The maximum atomic E-state index is 10.2. The summed E-state index contributed by atoms with van der Waals surface area (Å²) in [6.07, 6.45) is -0.604. The van der Waals surface area contributed by atoms with Crippen LogP contribution in [0.5, 0.6) is 0 Å². The first kappa shape index (κ1) is 16.1. The Kier molecular flexibility index (Phi) is 5.07. The summed E-state index contributed by atoms with van der Waals surface area (Å²) in [6, 6.07) is 5.74. The van der Waals surface area contributed by atoms with Crippen molar-refractivity contribution in [1.82, 2.24) is 10.3 Å². The summed E-state index contributed by atoms with van der Waals surface area (Å²) in [5.41, 5.74) is 7.18. The molecule has 0 spiro atoms. The molecular weight excluding hydrogens is 238 g/mol. The lowest BCUT2D eigenvalue weighted by Gasteiger charge is -2.25. The standard InChI is InChI=1S/C15H27N3O/c1-14(2,3)17-9-12(19)11-7-6-8-13(18-11)15(4,5)10-16/h6-8,12,17,19H,9-10,16H2,1-5H3/t12-/m0/s1. The molecule has 0 aliphatic heterocycles. The second kappa shape index (κ2) is 5.99. The number of aliphatic hydroxyl groups is 1. The Labute approximate surface area is 116 Å². The highest BCUT2D eigenvalue weighted by Gasteiger charge is 2.22. The molecule has 0 saturated carbocycles. The monoisotopic (exact) mass is 265 g/mol. The summed E-state index contributed by atoms with van der Waals surface area (Å²) in [4.78, 5) is 4.55. The topological polar surface area (TPSA) is 71.2 Å². The van der Waals surface area contributed by atoms with Crippen LogP contribution in [0.15, 0.2) is 18.2 Å². The number of hydrogen-bond donors (Lipinski definition) is 3. The molecule has 4 nitrogen and oxygen atoms in total. The predicted octanol–water partition coefficient (Wildman–Crippen LogP) is 1.74. The number of aromatic nitrogens is 1. The SMILES string of the molecule is CC(C)(C)NC[C@H](O)c1cccc(C(C)(C)CN)n1. The van der Waals surface area contributed by atoms with E-state index in [2.05, 4.69) is 44.9 Å². The summed E-state index contributed by atoms with van der Waals surface area (Å²) in [6.45, 7) is 11.3. The van der Waals surface area contributed by atoms with E-state index in [1.54, 1.807) is 0 Å². The van der Waals surface area contributed by atoms with Gasteiger partial charge in [-0.15, -0.1) is 0 Å². The van der Waals surface area contributed by atoms with E-state index in [-0.39, 0.29) is 11.0 Å². The van der Waals surface area contributed by atoms with Crippen molar-refractivity contribution in [2.24, 2.45) is 5.73 Å². The second-order valence-corrected chi connectivity index (χ2v) is 6.68. The minimum Gasteiger partial charge on any atom is -0.385 e. The van der Waals surface area contributed by atoms with Gasteiger partial charge in [0.15, 0.2) is 0 Å². The average molecular weight is 265 g/mol. The third-order valence-electron chi connectivity index (χ3n) is 3.14. The molecule has 0 saturated heterocycles. The second-order valence-electron chi connectivity index (χ2n) is 6.68. The van der Waals surface area contributed by atoms with Crippen LogP contribution in [0.2, 0.25) is 0 Å². The molecular formula is C15H27N3O. The lowest BCUT2D eigenvalue weighted by molar-refractivity contribution is 0.158. The van der Waals surface area contributed by atoms with E-state index in [0.29, 0.717) is 18.8 Å². The van der Waals surface area contributed by atoms with Crippen molar-refractivity contribution < 1.29 is 5.11 Å². The quantitative estimate of drug-likeness (QED) is 0.758. The van der Waals surface area contributed by atoms with E-state index in [1.807, 2.05) is 18.2 Å². The van der Waals surface area contributed by atoms with Gasteiger partial charge >= 0.3 is 0 Å². The molecule has 0 aliphatic carbocycles. The van der Waals surface area contributed by atoms with E-state index < -0.39 is 6.10 Å². The van der Waals surface area contributed by atoms with Crippen molar-refractivity contribution in [1.29, 1.82) is 0 Å². The zero-order chi connectivity index (χ0) is 14.7. The molecule has 1 aromatic rings. The largest absolute Gasteiger partial charge is 0.385 e. The summed E-state index contributed by atoms with van der Waals surface area (Å²) in [7, 11) is 0. The number of rotatable bonds is 5. The molecule has 1 aromatic heterocycles. The fourth-order valence-corrected chi connectivity index (χ4v) is 1.63. The summed E-state index contributed by atoms with van der Waals surface area (Å²) < 4.78 is 0. The number of pyridine rings is 1. The van der Waals surface area contributed by atoms with Crippen molar-refractivity contribution in [3.8, 4) is 0 Å². The highest BCUT2D eigenvalue weighted by Crippen LogP contribution is 2.21. The minimum absolute atomic E-state index is 0.0187. The van der Waals surface area contributed by atoms with Gasteiger partial charge in [0.05, 0.1) is 5.69 Å². The first-order valence-corrected chi connectivity index (χ1v) is 6.76. The Bertz CT molecular complexity index is 410. The van der Waals surface area contributed by atoms with Gasteiger partial charge in [-0.25, -0.2) is 0 Å². The maximum Gasteiger partial charge on any atom is 0.108 e. The molecule has 4 N–H and O–H groups in total.